The van der Waals surface area contributed by atoms with Crippen LogP contribution >= 0.6 is 0 Å². The molecule has 0 fully saturated rings. The van der Waals surface area contributed by atoms with Gasteiger partial charge in [-0.2, -0.15) is 5.26 Å². The van der Waals surface area contributed by atoms with Crippen LogP contribution in [-0.4, -0.2) is 6.61 Å². The van der Waals surface area contributed by atoms with Crippen molar-refractivity contribution >= 4 is 0 Å². The quantitative estimate of drug-likeness (QED) is 0.539. The van der Waals surface area contributed by atoms with Crippen LogP contribution < -0.4 is 0 Å². The van der Waals surface area contributed by atoms with E-state index in [-0.39, 0.29) is 12.5 Å². The molecule has 0 spiro atoms. The highest BCUT2D eigenvalue weighted by Gasteiger charge is 1.97. The van der Waals surface area contributed by atoms with Crippen LogP contribution in [-0.2, 0) is 5.11 Å². The molecule has 0 aliphatic rings. The normalized spacial score (nSPS) is 12.5. The number of hydrogen-bond donors (Lipinski definition) is 0. The number of unbranched alkanes of at least 4 members (excludes halogenated alkanes) is 2. The maximum atomic E-state index is 9.98. The highest BCUT2D eigenvalue weighted by Crippen LogP contribution is 2.07. The lowest BCUT2D eigenvalue weighted by Crippen LogP contribution is -1.90. The molecule has 57 valence electrons. The predicted molar refractivity (Wildman–Crippen MR) is 38.8 cm³/mol. The molecule has 1 radical (unpaired) electrons. The van der Waals surface area contributed by atoms with Gasteiger partial charge in [0, 0.05) is 5.92 Å². The van der Waals surface area contributed by atoms with Crippen LogP contribution in [0.5, 0.6) is 0 Å². The van der Waals surface area contributed by atoms with E-state index in [1.54, 1.807) is 0 Å². The summed E-state index contributed by atoms with van der Waals surface area (Å²) in [5, 5.41) is 18.4. The molecule has 0 aromatic rings. The molecule has 2 nitrogen and oxygen atoms in total. The topological polar surface area (TPSA) is 43.7 Å². The Hall–Kier alpha value is -0.550. The predicted octanol–water partition coefficient (Wildman–Crippen LogP) is 2.14. The largest absolute Gasteiger partial charge is 0.237 e. The van der Waals surface area contributed by atoms with Crippen molar-refractivity contribution in [3.63, 3.8) is 0 Å². The molecule has 10 heavy (non-hydrogen) atoms. The van der Waals surface area contributed by atoms with Gasteiger partial charge in [-0.05, 0) is 19.8 Å². The van der Waals surface area contributed by atoms with Crippen LogP contribution in [0.1, 0.15) is 32.6 Å². The van der Waals surface area contributed by atoms with E-state index in [2.05, 4.69) is 6.07 Å². The van der Waals surface area contributed by atoms with Gasteiger partial charge in [0.1, 0.15) is 0 Å². The Balaban J connectivity index is 2.98. The van der Waals surface area contributed by atoms with E-state index < -0.39 is 0 Å². The lowest BCUT2D eigenvalue weighted by Gasteiger charge is -1.99. The number of rotatable bonds is 5. The van der Waals surface area contributed by atoms with Gasteiger partial charge in [0.05, 0.1) is 12.7 Å². The Labute approximate surface area is 62.5 Å². The third-order valence-electron chi connectivity index (χ3n) is 1.50. The van der Waals surface area contributed by atoms with Gasteiger partial charge < -0.3 is 0 Å². The second kappa shape index (κ2) is 6.57. The molecule has 2 heteroatoms. The molecular weight excluding hydrogens is 126 g/mol. The van der Waals surface area contributed by atoms with Crippen LogP contribution in [0.2, 0.25) is 0 Å². The van der Waals surface area contributed by atoms with Gasteiger partial charge in [-0.3, -0.25) is 0 Å². The first-order valence-electron chi connectivity index (χ1n) is 3.79. The summed E-state index contributed by atoms with van der Waals surface area (Å²) < 4.78 is 0. The zero-order valence-electron chi connectivity index (χ0n) is 6.47. The van der Waals surface area contributed by atoms with Crippen molar-refractivity contribution in [1.29, 1.82) is 5.26 Å². The summed E-state index contributed by atoms with van der Waals surface area (Å²) in [5.74, 6) is 0.159. The Morgan fingerprint density at radius 1 is 1.40 bits per heavy atom. The van der Waals surface area contributed by atoms with Crippen LogP contribution in [0.15, 0.2) is 0 Å². The number of nitriles is 1. The first-order chi connectivity index (χ1) is 4.81. The van der Waals surface area contributed by atoms with E-state index in [1.807, 2.05) is 6.92 Å². The van der Waals surface area contributed by atoms with E-state index in [0.29, 0.717) is 0 Å². The SMILES string of the molecule is CC(C#N)CCCCC[O]. The molecule has 1 unspecified atom stereocenters. The van der Waals surface area contributed by atoms with E-state index in [0.717, 1.165) is 25.7 Å². The Kier molecular flexibility index (Phi) is 6.21. The Morgan fingerprint density at radius 2 is 2.10 bits per heavy atom. The zero-order valence-corrected chi connectivity index (χ0v) is 6.47. The minimum absolute atomic E-state index is 0.0287. The van der Waals surface area contributed by atoms with Crippen LogP contribution in [0.3, 0.4) is 0 Å². The Morgan fingerprint density at radius 3 is 2.60 bits per heavy atom. The molecule has 0 N–H and O–H groups in total. The van der Waals surface area contributed by atoms with E-state index in [4.69, 9.17) is 5.26 Å². The zero-order chi connectivity index (χ0) is 7.82. The fourth-order valence-electron chi connectivity index (χ4n) is 0.794. The molecule has 0 aromatic heterocycles. The molecular formula is C8H14NO. The van der Waals surface area contributed by atoms with Crippen molar-refractivity contribution in [1.82, 2.24) is 0 Å². The average Bonchev–Trinajstić information content (AvgIpc) is 1.98. The third kappa shape index (κ3) is 5.58. The third-order valence-corrected chi connectivity index (χ3v) is 1.50. The van der Waals surface area contributed by atoms with Gasteiger partial charge in [-0.1, -0.05) is 12.8 Å². The second-order valence-electron chi connectivity index (χ2n) is 2.58. The first-order valence-corrected chi connectivity index (χ1v) is 3.79. The van der Waals surface area contributed by atoms with Crippen LogP contribution in [0, 0.1) is 17.2 Å². The maximum absolute atomic E-state index is 9.98. The van der Waals surface area contributed by atoms with Crippen molar-refractivity contribution in [3.05, 3.63) is 0 Å². The molecule has 0 aliphatic heterocycles. The molecule has 0 saturated heterocycles. The highest BCUT2D eigenvalue weighted by molar-refractivity contribution is 4.77. The molecule has 0 rings (SSSR count). The van der Waals surface area contributed by atoms with Crippen LogP contribution in [0.4, 0.5) is 0 Å². The molecule has 0 aromatic carbocycles. The summed E-state index contributed by atoms with van der Waals surface area (Å²) in [6.45, 7) is 1.94. The Bertz CT molecular complexity index is 106. The van der Waals surface area contributed by atoms with Crippen molar-refractivity contribution in [2.75, 3.05) is 6.61 Å². The van der Waals surface area contributed by atoms with Crippen LogP contribution in [0.25, 0.3) is 0 Å². The minimum Gasteiger partial charge on any atom is -0.237 e. The van der Waals surface area contributed by atoms with Gasteiger partial charge in [-0.25, -0.2) is 5.11 Å². The van der Waals surface area contributed by atoms with Crippen molar-refractivity contribution in [2.24, 2.45) is 5.92 Å². The second-order valence-corrected chi connectivity index (χ2v) is 2.58. The van der Waals surface area contributed by atoms with E-state index in [1.165, 1.54) is 0 Å². The lowest BCUT2D eigenvalue weighted by atomic mass is 10.1. The number of hydrogen-bond acceptors (Lipinski definition) is 1. The summed E-state index contributed by atoms with van der Waals surface area (Å²) in [6.07, 6.45) is 3.71. The van der Waals surface area contributed by atoms with Gasteiger partial charge in [0.2, 0.25) is 0 Å². The average molecular weight is 140 g/mol. The first kappa shape index (κ1) is 9.45. The lowest BCUT2D eigenvalue weighted by molar-refractivity contribution is 0.185. The molecule has 0 amide bonds. The fourth-order valence-corrected chi connectivity index (χ4v) is 0.794. The summed E-state index contributed by atoms with van der Waals surface area (Å²) >= 11 is 0. The van der Waals surface area contributed by atoms with E-state index in [9.17, 15) is 5.11 Å². The summed E-state index contributed by atoms with van der Waals surface area (Å²) in [5.41, 5.74) is 0. The van der Waals surface area contributed by atoms with Gasteiger partial charge in [0.25, 0.3) is 0 Å². The van der Waals surface area contributed by atoms with Gasteiger partial charge >= 0.3 is 0 Å². The van der Waals surface area contributed by atoms with Crippen molar-refractivity contribution in [2.45, 2.75) is 32.6 Å². The van der Waals surface area contributed by atoms with Gasteiger partial charge in [-0.15, -0.1) is 0 Å². The fraction of sp³-hybridized carbons (Fsp3) is 0.875. The summed E-state index contributed by atoms with van der Waals surface area (Å²) in [6, 6.07) is 2.16. The maximum Gasteiger partial charge on any atom is 0.0822 e. The number of nitrogens with zero attached hydrogens (tertiary/aromatic N) is 1. The molecule has 0 saturated carbocycles. The van der Waals surface area contributed by atoms with E-state index >= 15 is 0 Å². The molecule has 0 heterocycles. The molecule has 0 aliphatic carbocycles. The summed E-state index contributed by atoms with van der Waals surface area (Å²) in [7, 11) is 0. The smallest absolute Gasteiger partial charge is 0.0822 e. The van der Waals surface area contributed by atoms with Crippen molar-refractivity contribution < 1.29 is 5.11 Å². The van der Waals surface area contributed by atoms with Gasteiger partial charge in [0.15, 0.2) is 0 Å². The summed E-state index contributed by atoms with van der Waals surface area (Å²) in [4.78, 5) is 0. The molecule has 1 atom stereocenters. The monoisotopic (exact) mass is 140 g/mol. The minimum atomic E-state index is 0.0287. The van der Waals surface area contributed by atoms with Crippen molar-refractivity contribution in [3.8, 4) is 6.07 Å². The molecule has 0 bridgehead atoms. The standard InChI is InChI=1S/C8H14NO/c1-8(7-9)5-3-2-4-6-10/h8H,2-6H2,1H3. The highest BCUT2D eigenvalue weighted by atomic mass is 16.2.